The fraction of sp³-hybridized carbons (Fsp3) is 0.464. The topological polar surface area (TPSA) is 61.9 Å². The Labute approximate surface area is 417 Å². The molecule has 0 amide bonds. The average Bonchev–Trinajstić information content (AvgIpc) is 4.12. The molecule has 8 aromatic heterocycles. The molecule has 0 radical (unpaired) electrons. The van der Waals surface area contributed by atoms with Crippen LogP contribution in [0.1, 0.15) is 201 Å². The molecule has 0 N–H and O–H groups in total. The summed E-state index contributed by atoms with van der Waals surface area (Å²) in [5.74, 6) is 6.06. The molecule has 364 valence electrons. The molecule has 8 aromatic rings. The van der Waals surface area contributed by atoms with Crippen molar-refractivity contribution in [1.82, 2.24) is 19.1 Å². The molecule has 66 heavy (non-hydrogen) atoms. The highest BCUT2D eigenvalue weighted by atomic mass is 32.1. The van der Waals surface area contributed by atoms with Gasteiger partial charge in [0.15, 0.2) is 0 Å². The first-order chi connectivity index (χ1) is 31.2. The minimum atomic E-state index is 0.519. The van der Waals surface area contributed by atoms with Crippen LogP contribution in [0.25, 0.3) is 0 Å². The van der Waals surface area contributed by atoms with Gasteiger partial charge >= 0.3 is 0 Å². The number of nitrogens with zero attached hydrogens (tertiary/aromatic N) is 4. The molecule has 0 spiro atoms. The quantitative estimate of drug-likeness (QED) is 0.152. The summed E-state index contributed by atoms with van der Waals surface area (Å²) in [4.78, 5) is 11.2. The minimum absolute atomic E-state index is 0.519. The van der Waals surface area contributed by atoms with Crippen LogP contribution in [0.2, 0.25) is 0 Å². The Hall–Kier alpha value is -4.22. The van der Waals surface area contributed by atoms with E-state index in [0.29, 0.717) is 47.3 Å². The van der Waals surface area contributed by atoms with E-state index >= 15 is 0 Å². The Bertz CT molecular complexity index is 1890. The number of rotatable bonds is 8. The highest BCUT2D eigenvalue weighted by molar-refractivity contribution is 7.10. The third-order valence-corrected chi connectivity index (χ3v) is 13.7. The van der Waals surface area contributed by atoms with E-state index < -0.39 is 0 Å². The van der Waals surface area contributed by atoms with Crippen LogP contribution < -0.4 is 0 Å². The zero-order valence-electron chi connectivity index (χ0n) is 43.6. The van der Waals surface area contributed by atoms with Crippen molar-refractivity contribution in [2.24, 2.45) is 14.1 Å². The van der Waals surface area contributed by atoms with Crippen molar-refractivity contribution < 1.29 is 8.83 Å². The van der Waals surface area contributed by atoms with Crippen LogP contribution in [0.15, 0.2) is 140 Å². The lowest BCUT2D eigenvalue weighted by atomic mass is 10.1. The largest absolute Gasteiger partial charge is 0.472 e. The van der Waals surface area contributed by atoms with Gasteiger partial charge in [0, 0.05) is 76.9 Å². The van der Waals surface area contributed by atoms with E-state index in [4.69, 9.17) is 8.83 Å². The van der Waals surface area contributed by atoms with Crippen LogP contribution in [0.3, 0.4) is 0 Å². The van der Waals surface area contributed by atoms with Crippen LogP contribution in [0, 0.1) is 0 Å². The van der Waals surface area contributed by atoms with E-state index in [1.54, 1.807) is 41.5 Å². The number of thiophene rings is 2. The van der Waals surface area contributed by atoms with Crippen molar-refractivity contribution in [3.05, 3.63) is 174 Å². The van der Waals surface area contributed by atoms with Gasteiger partial charge in [0.2, 0.25) is 0 Å². The summed E-state index contributed by atoms with van der Waals surface area (Å²) in [5, 5.41) is 9.56. The molecule has 0 saturated carbocycles. The van der Waals surface area contributed by atoms with Gasteiger partial charge in [-0.05, 0) is 106 Å². The maximum absolute atomic E-state index is 5.09. The first-order valence-electron chi connectivity index (χ1n) is 23.4. The number of aryl methyl sites for hydroxylation is 2. The second-order valence-electron chi connectivity index (χ2n) is 18.3. The minimum Gasteiger partial charge on any atom is -0.472 e. The molecule has 0 aromatic carbocycles. The molecule has 0 aliphatic heterocycles. The van der Waals surface area contributed by atoms with Crippen molar-refractivity contribution >= 4 is 45.3 Å². The lowest BCUT2D eigenvalue weighted by molar-refractivity contribution is 0.487. The third kappa shape index (κ3) is 26.2. The molecule has 10 heteroatoms. The van der Waals surface area contributed by atoms with Crippen LogP contribution in [-0.4, -0.2) is 19.1 Å². The Morgan fingerprint density at radius 3 is 1.35 bits per heavy atom. The summed E-state index contributed by atoms with van der Waals surface area (Å²) in [6, 6.07) is 20.8. The molecule has 0 unspecified atom stereocenters. The first kappa shape index (κ1) is 59.8. The summed E-state index contributed by atoms with van der Waals surface area (Å²) in [6.45, 7) is 34.8. The normalized spacial score (nSPS) is 10.5. The molecule has 0 atom stereocenters. The third-order valence-electron chi connectivity index (χ3n) is 9.63. The van der Waals surface area contributed by atoms with Crippen LogP contribution >= 0.6 is 45.3 Å². The van der Waals surface area contributed by atoms with Gasteiger partial charge in [-0.3, -0.25) is 0 Å². The lowest BCUT2D eigenvalue weighted by Gasteiger charge is -2.04. The smallest absolute Gasteiger partial charge is 0.106 e. The van der Waals surface area contributed by atoms with Gasteiger partial charge in [0.1, 0.15) is 5.76 Å². The average molecular weight is 974 g/mol. The van der Waals surface area contributed by atoms with E-state index in [1.807, 2.05) is 65.0 Å². The molecular formula is C56H84N4O2S4. The zero-order chi connectivity index (χ0) is 49.6. The lowest BCUT2D eigenvalue weighted by Crippen LogP contribution is -1.95. The van der Waals surface area contributed by atoms with E-state index in [9.17, 15) is 0 Å². The van der Waals surface area contributed by atoms with Gasteiger partial charge in [-0.25, -0.2) is 9.97 Å². The number of aromatic nitrogens is 4. The van der Waals surface area contributed by atoms with Gasteiger partial charge in [0.05, 0.1) is 35.0 Å². The SMILES string of the molecule is CC(C)c1cccn1C.CC(C)c1ccco1.CC(C)c1cccs1.CC(C)c1cccs1.CC(C)c1ccn(C)c1.CC(C)c1ccoc1.CC(C)c1cscn1.CC(C)c1nccs1. The van der Waals surface area contributed by atoms with Crippen LogP contribution in [0.4, 0.5) is 0 Å². The van der Waals surface area contributed by atoms with Crippen molar-refractivity contribution in [1.29, 1.82) is 0 Å². The standard InChI is InChI=1S/2C8H13N.2C7H10O.2C7H10S.2C6H9NS/c1-7(2)8-4-5-9(3)6-8;1-7(2)8-5-4-6-9(8)3;1-6(2)7-3-4-8-5-7;3*1-6(2)7-4-3-5-8-7;1-5(2)6-3-8-4-7-6;1-5(2)6-7-3-4-8-6/h2*4-7H,1-3H3;4*3-6H,1-2H3;2*3-5H,1-2H3. The zero-order valence-corrected chi connectivity index (χ0v) is 46.8. The first-order valence-corrected chi connectivity index (χ1v) is 27.0. The van der Waals surface area contributed by atoms with Crippen molar-refractivity contribution in [2.75, 3.05) is 0 Å². The monoisotopic (exact) mass is 973 g/mol. The maximum Gasteiger partial charge on any atom is 0.106 e. The summed E-state index contributed by atoms with van der Waals surface area (Å²) >= 11 is 7.04. The van der Waals surface area contributed by atoms with Crippen molar-refractivity contribution in [2.45, 2.75) is 158 Å². The van der Waals surface area contributed by atoms with Gasteiger partial charge in [-0.2, -0.15) is 0 Å². The van der Waals surface area contributed by atoms with Crippen LogP contribution in [0.5, 0.6) is 0 Å². The van der Waals surface area contributed by atoms with Crippen molar-refractivity contribution in [3.8, 4) is 0 Å². The number of hydrogen-bond acceptors (Lipinski definition) is 8. The van der Waals surface area contributed by atoms with Gasteiger partial charge < -0.3 is 18.0 Å². The number of thiazole rings is 2. The molecule has 0 aliphatic carbocycles. The molecule has 0 saturated heterocycles. The number of furan rings is 2. The van der Waals surface area contributed by atoms with E-state index in [2.05, 4.69) is 214 Å². The Balaban J connectivity index is 0.000000377. The second-order valence-corrected chi connectivity index (χ2v) is 21.9. The predicted octanol–water partition coefficient (Wildman–Crippen LogP) is 19.4. The molecule has 0 aliphatic rings. The van der Waals surface area contributed by atoms with Gasteiger partial charge in [-0.15, -0.1) is 45.3 Å². The summed E-state index contributed by atoms with van der Waals surface area (Å²) < 4.78 is 14.2. The summed E-state index contributed by atoms with van der Waals surface area (Å²) in [6.07, 6.45) is 13.4. The molecule has 6 nitrogen and oxygen atoms in total. The fourth-order valence-corrected chi connectivity index (χ4v) is 8.29. The van der Waals surface area contributed by atoms with Gasteiger partial charge in [0.25, 0.3) is 0 Å². The molecule has 8 rings (SSSR count). The summed E-state index contributed by atoms with van der Waals surface area (Å²) in [7, 11) is 4.13. The van der Waals surface area contributed by atoms with E-state index in [-0.39, 0.29) is 0 Å². The fourth-order valence-electron chi connectivity index (χ4n) is 5.43. The number of hydrogen-bond donors (Lipinski definition) is 0. The highest BCUT2D eigenvalue weighted by Gasteiger charge is 2.02. The Kier molecular flexibility index (Phi) is 30.9. The van der Waals surface area contributed by atoms with Crippen LogP contribution in [-0.2, 0) is 14.1 Å². The summed E-state index contributed by atoms with van der Waals surface area (Å²) in [5.41, 5.74) is 7.16. The van der Waals surface area contributed by atoms with E-state index in [0.717, 1.165) is 5.76 Å². The predicted molar refractivity (Wildman–Crippen MR) is 294 cm³/mol. The molecular weight excluding hydrogens is 889 g/mol. The van der Waals surface area contributed by atoms with Gasteiger partial charge in [-0.1, -0.05) is 123 Å². The molecule has 0 fully saturated rings. The van der Waals surface area contributed by atoms with E-state index in [1.165, 1.54) is 37.3 Å². The highest BCUT2D eigenvalue weighted by Crippen LogP contribution is 2.20. The van der Waals surface area contributed by atoms with Crippen molar-refractivity contribution in [3.63, 3.8) is 0 Å². The Morgan fingerprint density at radius 2 is 1.14 bits per heavy atom. The maximum atomic E-state index is 5.09. The molecule has 8 heterocycles. The molecule has 0 bridgehead atoms. The second kappa shape index (κ2) is 34.1. The Morgan fingerprint density at radius 1 is 0.515 bits per heavy atom.